The van der Waals surface area contributed by atoms with Crippen LogP contribution in [-0.2, 0) is 4.79 Å². The van der Waals surface area contributed by atoms with Gasteiger partial charge in [-0.15, -0.1) is 0 Å². The van der Waals surface area contributed by atoms with Crippen molar-refractivity contribution in [1.82, 2.24) is 25.3 Å². The fourth-order valence-electron chi connectivity index (χ4n) is 4.87. The number of alkyl halides is 1. The van der Waals surface area contributed by atoms with Crippen LogP contribution in [-0.4, -0.2) is 91.0 Å². The fourth-order valence-corrected chi connectivity index (χ4v) is 4.87. The van der Waals surface area contributed by atoms with Crippen LogP contribution in [0.3, 0.4) is 0 Å². The molecule has 4 aliphatic rings. The normalized spacial score (nSPS) is 46.3. The second kappa shape index (κ2) is 5.95. The molecule has 0 bridgehead atoms. The number of carbonyl (C=O) groups excluding carboxylic acids is 1. The molecule has 0 spiro atoms. The van der Waals surface area contributed by atoms with Gasteiger partial charge in [0.1, 0.15) is 12.5 Å². The van der Waals surface area contributed by atoms with Crippen molar-refractivity contribution >= 4 is 5.91 Å². The average Bonchev–Trinajstić information content (AvgIpc) is 2.85. The van der Waals surface area contributed by atoms with E-state index in [0.29, 0.717) is 19.4 Å². The lowest BCUT2D eigenvalue weighted by Gasteiger charge is -2.43. The van der Waals surface area contributed by atoms with Crippen LogP contribution in [0.1, 0.15) is 19.8 Å². The topological polar surface area (TPSA) is 50.9 Å². The molecule has 3 saturated heterocycles. The lowest BCUT2D eigenvalue weighted by Crippen LogP contribution is -2.60. The molecule has 1 aliphatic carbocycles. The minimum Gasteiger partial charge on any atom is -0.354 e. The molecular weight excluding hydrogens is 297 g/mol. The number of amides is 1. The lowest BCUT2D eigenvalue weighted by atomic mass is 9.80. The first-order chi connectivity index (χ1) is 11.0. The fraction of sp³-hybridized carbons (Fsp3) is 0.938. The van der Waals surface area contributed by atoms with Gasteiger partial charge in [-0.05, 0) is 26.8 Å². The zero-order chi connectivity index (χ0) is 16.1. The van der Waals surface area contributed by atoms with Crippen LogP contribution in [0.5, 0.6) is 0 Å². The summed E-state index contributed by atoms with van der Waals surface area (Å²) in [6, 6.07) is 0.483. The third kappa shape index (κ3) is 2.67. The van der Waals surface area contributed by atoms with Crippen LogP contribution in [0, 0.1) is 5.92 Å². The minimum absolute atomic E-state index is 0.0394. The number of halogens is 1. The molecule has 1 saturated carbocycles. The number of hydrogen-bond donors (Lipinski definition) is 2. The Morgan fingerprint density at radius 3 is 2.65 bits per heavy atom. The molecule has 0 aromatic heterocycles. The van der Waals surface area contributed by atoms with E-state index in [-0.39, 0.29) is 36.2 Å². The van der Waals surface area contributed by atoms with E-state index >= 15 is 0 Å². The maximum atomic E-state index is 14.2. The Hall–Kier alpha value is -0.760. The highest BCUT2D eigenvalue weighted by molar-refractivity contribution is 5.80. The minimum atomic E-state index is -0.874. The second-order valence-electron chi connectivity index (χ2n) is 7.69. The molecule has 6 atom stereocenters. The summed E-state index contributed by atoms with van der Waals surface area (Å²) >= 11 is 0. The van der Waals surface area contributed by atoms with Crippen LogP contribution in [0.2, 0.25) is 0 Å². The lowest BCUT2D eigenvalue weighted by molar-refractivity contribution is -0.128. The summed E-state index contributed by atoms with van der Waals surface area (Å²) in [7, 11) is 2.15. The molecule has 4 fully saturated rings. The van der Waals surface area contributed by atoms with E-state index in [2.05, 4.69) is 39.3 Å². The van der Waals surface area contributed by atoms with Crippen molar-refractivity contribution in [3.8, 4) is 0 Å². The van der Waals surface area contributed by atoms with Crippen LogP contribution in [0.15, 0.2) is 0 Å². The highest BCUT2D eigenvalue weighted by atomic mass is 19.1. The molecule has 0 aromatic rings. The van der Waals surface area contributed by atoms with Crippen LogP contribution >= 0.6 is 0 Å². The van der Waals surface area contributed by atoms with Gasteiger partial charge in [0.25, 0.3) is 0 Å². The first-order valence-electron chi connectivity index (χ1n) is 8.92. The number of piperazine rings is 1. The van der Waals surface area contributed by atoms with Crippen molar-refractivity contribution < 1.29 is 9.18 Å². The third-order valence-corrected chi connectivity index (χ3v) is 6.13. The van der Waals surface area contributed by atoms with Crippen molar-refractivity contribution in [2.45, 2.75) is 50.4 Å². The molecule has 5 unspecified atom stereocenters. The van der Waals surface area contributed by atoms with Gasteiger partial charge < -0.3 is 10.2 Å². The summed E-state index contributed by atoms with van der Waals surface area (Å²) in [5.41, 5.74) is 0. The summed E-state index contributed by atoms with van der Waals surface area (Å²) in [5, 5.41) is 6.70. The Morgan fingerprint density at radius 1 is 1.17 bits per heavy atom. The van der Waals surface area contributed by atoms with Gasteiger partial charge in [-0.3, -0.25) is 19.9 Å². The monoisotopic (exact) mass is 325 g/mol. The van der Waals surface area contributed by atoms with E-state index < -0.39 is 6.17 Å². The van der Waals surface area contributed by atoms with Gasteiger partial charge >= 0.3 is 0 Å². The Labute approximate surface area is 137 Å². The SMILES string of the molecule is C[C@H]1CNC(=O)C2CC(F)CC3NC(N4CCN(C)CC4)N1C32. The zero-order valence-electron chi connectivity index (χ0n) is 14.0. The van der Waals surface area contributed by atoms with Gasteiger partial charge in [-0.25, -0.2) is 4.39 Å². The molecule has 3 aliphatic heterocycles. The molecule has 0 aromatic carbocycles. The first kappa shape index (κ1) is 15.7. The Morgan fingerprint density at radius 2 is 1.91 bits per heavy atom. The molecule has 0 radical (unpaired) electrons. The van der Waals surface area contributed by atoms with Gasteiger partial charge in [-0.2, -0.15) is 0 Å². The van der Waals surface area contributed by atoms with Crippen molar-refractivity contribution in [1.29, 1.82) is 0 Å². The molecule has 2 N–H and O–H groups in total. The Bertz CT molecular complexity index is 469. The number of nitrogens with zero attached hydrogens (tertiary/aromatic N) is 3. The largest absolute Gasteiger partial charge is 0.354 e. The standard InChI is InChI=1S/C16H28FN5O/c1-10-9-18-15(23)12-7-11(17)8-13-14(12)22(10)16(19-13)21-5-3-20(2)4-6-21/h10-14,16,19H,3-9H2,1-2H3,(H,18,23)/t10-,11?,12?,13?,14?,16?/m0/s1. The average molecular weight is 325 g/mol. The molecule has 4 rings (SSSR count). The van der Waals surface area contributed by atoms with Crippen molar-refractivity contribution in [3.63, 3.8) is 0 Å². The molecule has 130 valence electrons. The smallest absolute Gasteiger partial charge is 0.224 e. The zero-order valence-corrected chi connectivity index (χ0v) is 14.0. The predicted molar refractivity (Wildman–Crippen MR) is 85.5 cm³/mol. The molecule has 6 nitrogen and oxygen atoms in total. The number of nitrogens with one attached hydrogen (secondary N) is 2. The van der Waals surface area contributed by atoms with Crippen LogP contribution in [0.4, 0.5) is 4.39 Å². The Balaban J connectivity index is 1.61. The molecule has 23 heavy (non-hydrogen) atoms. The number of carbonyl (C=O) groups is 1. The molecule has 7 heteroatoms. The van der Waals surface area contributed by atoms with Crippen LogP contribution in [0.25, 0.3) is 0 Å². The van der Waals surface area contributed by atoms with Crippen molar-refractivity contribution in [2.24, 2.45) is 5.92 Å². The van der Waals surface area contributed by atoms with Gasteiger partial charge in [0.05, 0.1) is 5.92 Å². The third-order valence-electron chi connectivity index (χ3n) is 6.13. The van der Waals surface area contributed by atoms with E-state index in [1.54, 1.807) is 0 Å². The van der Waals surface area contributed by atoms with Crippen molar-refractivity contribution in [2.75, 3.05) is 39.8 Å². The van der Waals surface area contributed by atoms with E-state index in [0.717, 1.165) is 26.2 Å². The summed E-state index contributed by atoms with van der Waals surface area (Å²) < 4.78 is 14.2. The summed E-state index contributed by atoms with van der Waals surface area (Å²) in [4.78, 5) is 19.7. The van der Waals surface area contributed by atoms with Gasteiger partial charge in [0.2, 0.25) is 5.91 Å². The summed E-state index contributed by atoms with van der Waals surface area (Å²) in [5.74, 6) is -0.184. The van der Waals surface area contributed by atoms with Gasteiger partial charge in [-0.1, -0.05) is 0 Å². The van der Waals surface area contributed by atoms with E-state index in [1.165, 1.54) is 0 Å². The Kier molecular flexibility index (Phi) is 4.07. The van der Waals surface area contributed by atoms with Crippen LogP contribution < -0.4 is 10.6 Å². The van der Waals surface area contributed by atoms with Crippen molar-refractivity contribution in [3.05, 3.63) is 0 Å². The quantitative estimate of drug-likeness (QED) is 0.676. The predicted octanol–water partition coefficient (Wildman–Crippen LogP) is -0.574. The number of hydrogen-bond acceptors (Lipinski definition) is 5. The van der Waals surface area contributed by atoms with E-state index in [1.807, 2.05) is 0 Å². The summed E-state index contributed by atoms with van der Waals surface area (Å²) in [6.07, 6.45) is 0.158. The number of rotatable bonds is 1. The molecule has 1 amide bonds. The molecular formula is C16H28FN5O. The highest BCUT2D eigenvalue weighted by Crippen LogP contribution is 2.38. The summed E-state index contributed by atoms with van der Waals surface area (Å²) in [6.45, 7) is 6.98. The van der Waals surface area contributed by atoms with Gasteiger partial charge in [0, 0.05) is 50.8 Å². The molecule has 3 heterocycles. The highest BCUT2D eigenvalue weighted by Gasteiger charge is 2.55. The number of likely N-dealkylation sites (N-methyl/N-ethyl adjacent to an activating group) is 1. The first-order valence-corrected chi connectivity index (χ1v) is 8.92. The maximum Gasteiger partial charge on any atom is 0.224 e. The van der Waals surface area contributed by atoms with Gasteiger partial charge in [0.15, 0.2) is 0 Å². The maximum absolute atomic E-state index is 14.2. The van der Waals surface area contributed by atoms with E-state index in [9.17, 15) is 9.18 Å². The second-order valence-corrected chi connectivity index (χ2v) is 7.69. The van der Waals surface area contributed by atoms with E-state index in [4.69, 9.17) is 0 Å².